The van der Waals surface area contributed by atoms with Gasteiger partial charge in [0, 0.05) is 18.1 Å². The van der Waals surface area contributed by atoms with Crippen LogP contribution in [0, 0.1) is 11.8 Å². The average molecular weight is 405 g/mol. The fraction of sp³-hybridized carbons (Fsp3) is 0.429. The van der Waals surface area contributed by atoms with Crippen molar-refractivity contribution in [1.29, 1.82) is 0 Å². The van der Waals surface area contributed by atoms with Crippen molar-refractivity contribution in [2.45, 2.75) is 32.7 Å². The maximum Gasteiger partial charge on any atom is 0.263 e. The SMILES string of the molecule is CC(C)C(NC(=O)C1CCCN(C(=O)c2cccs2)C1)c1ccccc1Cl. The molecule has 2 heterocycles. The van der Waals surface area contributed by atoms with Crippen LogP contribution in [0.15, 0.2) is 41.8 Å². The zero-order valence-corrected chi connectivity index (χ0v) is 17.2. The van der Waals surface area contributed by atoms with Crippen LogP contribution in [-0.4, -0.2) is 29.8 Å². The second-order valence-corrected chi connectivity index (χ2v) is 8.67. The van der Waals surface area contributed by atoms with Crippen LogP contribution in [0.4, 0.5) is 0 Å². The summed E-state index contributed by atoms with van der Waals surface area (Å²) < 4.78 is 0. The summed E-state index contributed by atoms with van der Waals surface area (Å²) in [5.74, 6) is 0.0407. The highest BCUT2D eigenvalue weighted by Crippen LogP contribution is 2.29. The number of benzene rings is 1. The second-order valence-electron chi connectivity index (χ2n) is 7.32. The first-order chi connectivity index (χ1) is 13.0. The minimum Gasteiger partial charge on any atom is -0.349 e. The molecule has 1 aromatic carbocycles. The Bertz CT molecular complexity index is 791. The van der Waals surface area contributed by atoms with Gasteiger partial charge in [0.25, 0.3) is 5.91 Å². The molecule has 6 heteroatoms. The van der Waals surface area contributed by atoms with Gasteiger partial charge in [-0.25, -0.2) is 0 Å². The summed E-state index contributed by atoms with van der Waals surface area (Å²) >= 11 is 7.79. The van der Waals surface area contributed by atoms with E-state index in [9.17, 15) is 9.59 Å². The summed E-state index contributed by atoms with van der Waals surface area (Å²) in [6.07, 6.45) is 1.64. The van der Waals surface area contributed by atoms with Crippen molar-refractivity contribution in [2.75, 3.05) is 13.1 Å². The summed E-state index contributed by atoms with van der Waals surface area (Å²) in [5.41, 5.74) is 0.935. The molecule has 4 nitrogen and oxygen atoms in total. The molecule has 0 saturated carbocycles. The van der Waals surface area contributed by atoms with Gasteiger partial charge < -0.3 is 10.2 Å². The van der Waals surface area contributed by atoms with E-state index in [2.05, 4.69) is 19.2 Å². The molecule has 1 aliphatic rings. The third-order valence-corrected chi connectivity index (χ3v) is 6.22. The van der Waals surface area contributed by atoms with Gasteiger partial charge in [-0.05, 0) is 41.8 Å². The van der Waals surface area contributed by atoms with E-state index in [0.29, 0.717) is 18.1 Å². The van der Waals surface area contributed by atoms with Gasteiger partial charge in [0.05, 0.1) is 16.8 Å². The Labute approximate surface area is 169 Å². The van der Waals surface area contributed by atoms with Crippen molar-refractivity contribution in [1.82, 2.24) is 10.2 Å². The molecule has 2 aromatic rings. The largest absolute Gasteiger partial charge is 0.349 e. The number of nitrogens with zero attached hydrogens (tertiary/aromatic N) is 1. The van der Waals surface area contributed by atoms with Crippen LogP contribution in [0.25, 0.3) is 0 Å². The summed E-state index contributed by atoms with van der Waals surface area (Å²) in [4.78, 5) is 28.1. The maximum absolute atomic E-state index is 13.0. The predicted octanol–water partition coefficient (Wildman–Crippen LogP) is 4.77. The number of thiophene rings is 1. The zero-order valence-electron chi connectivity index (χ0n) is 15.7. The Balaban J connectivity index is 1.69. The molecule has 1 fully saturated rings. The molecule has 144 valence electrons. The molecule has 27 heavy (non-hydrogen) atoms. The van der Waals surface area contributed by atoms with Crippen LogP contribution in [0.5, 0.6) is 0 Å². The molecular weight excluding hydrogens is 380 g/mol. The van der Waals surface area contributed by atoms with Crippen LogP contribution >= 0.6 is 22.9 Å². The van der Waals surface area contributed by atoms with E-state index in [1.807, 2.05) is 41.8 Å². The maximum atomic E-state index is 13.0. The molecule has 0 aliphatic carbocycles. The summed E-state index contributed by atoms with van der Waals surface area (Å²) in [7, 11) is 0. The van der Waals surface area contributed by atoms with Gasteiger partial charge >= 0.3 is 0 Å². The topological polar surface area (TPSA) is 49.4 Å². The van der Waals surface area contributed by atoms with Crippen LogP contribution in [-0.2, 0) is 4.79 Å². The molecule has 0 radical (unpaired) electrons. The molecule has 2 amide bonds. The number of carbonyl (C=O) groups is 2. The fourth-order valence-electron chi connectivity index (χ4n) is 3.53. The van der Waals surface area contributed by atoms with E-state index in [1.54, 1.807) is 4.90 Å². The molecule has 0 spiro atoms. The van der Waals surface area contributed by atoms with E-state index in [1.165, 1.54) is 11.3 Å². The monoisotopic (exact) mass is 404 g/mol. The van der Waals surface area contributed by atoms with Crippen molar-refractivity contribution in [2.24, 2.45) is 11.8 Å². The number of piperidine rings is 1. The molecular formula is C21H25ClN2O2S. The number of rotatable bonds is 5. The van der Waals surface area contributed by atoms with E-state index in [4.69, 9.17) is 11.6 Å². The molecule has 1 aromatic heterocycles. The van der Waals surface area contributed by atoms with Gasteiger partial charge in [-0.15, -0.1) is 11.3 Å². The molecule has 1 N–H and O–H groups in total. The van der Waals surface area contributed by atoms with Crippen molar-refractivity contribution >= 4 is 34.8 Å². The van der Waals surface area contributed by atoms with E-state index in [-0.39, 0.29) is 29.7 Å². The van der Waals surface area contributed by atoms with Gasteiger partial charge in [0.15, 0.2) is 0 Å². The van der Waals surface area contributed by atoms with Crippen LogP contribution in [0.1, 0.15) is 48.0 Å². The highest BCUT2D eigenvalue weighted by molar-refractivity contribution is 7.12. The van der Waals surface area contributed by atoms with Crippen LogP contribution in [0.2, 0.25) is 5.02 Å². The first-order valence-corrected chi connectivity index (χ1v) is 10.6. The van der Waals surface area contributed by atoms with Gasteiger partial charge in [0.2, 0.25) is 5.91 Å². The number of halogens is 1. The lowest BCUT2D eigenvalue weighted by Gasteiger charge is -2.33. The Morgan fingerprint density at radius 2 is 2.00 bits per heavy atom. The minimum absolute atomic E-state index is 0.00250. The van der Waals surface area contributed by atoms with Gasteiger partial charge in [0.1, 0.15) is 0 Å². The summed E-state index contributed by atoms with van der Waals surface area (Å²) in [5, 5.41) is 5.74. The van der Waals surface area contributed by atoms with Crippen molar-refractivity contribution in [3.05, 3.63) is 57.2 Å². The first kappa shape index (κ1) is 19.9. The second kappa shape index (κ2) is 8.89. The van der Waals surface area contributed by atoms with Crippen LogP contribution in [0.3, 0.4) is 0 Å². The Hall–Kier alpha value is -1.85. The Kier molecular flexibility index (Phi) is 6.55. The molecule has 2 unspecified atom stereocenters. The molecule has 0 bridgehead atoms. The highest BCUT2D eigenvalue weighted by atomic mass is 35.5. The third-order valence-electron chi connectivity index (χ3n) is 5.02. The normalized spacial score (nSPS) is 18.4. The summed E-state index contributed by atoms with van der Waals surface area (Å²) in [6.45, 7) is 5.32. The number of amides is 2. The lowest BCUT2D eigenvalue weighted by Crippen LogP contribution is -2.46. The lowest BCUT2D eigenvalue weighted by molar-refractivity contribution is -0.127. The standard InChI is InChI=1S/C21H25ClN2O2S/c1-14(2)19(16-8-3-4-9-17(16)22)23-20(25)15-7-5-11-24(13-15)21(26)18-10-6-12-27-18/h3-4,6,8-10,12,14-15,19H,5,7,11,13H2,1-2H3,(H,23,25). The molecule has 3 rings (SSSR count). The van der Waals surface area contributed by atoms with Gasteiger partial charge in [-0.2, -0.15) is 0 Å². The van der Waals surface area contributed by atoms with Gasteiger partial charge in [-0.3, -0.25) is 9.59 Å². The fourth-order valence-corrected chi connectivity index (χ4v) is 4.48. The molecule has 1 aliphatic heterocycles. The first-order valence-electron chi connectivity index (χ1n) is 9.35. The smallest absolute Gasteiger partial charge is 0.263 e. The van der Waals surface area contributed by atoms with Crippen molar-refractivity contribution in [3.63, 3.8) is 0 Å². The minimum atomic E-state index is -0.189. The van der Waals surface area contributed by atoms with E-state index >= 15 is 0 Å². The number of hydrogen-bond acceptors (Lipinski definition) is 3. The average Bonchev–Trinajstić information content (AvgIpc) is 3.20. The quantitative estimate of drug-likeness (QED) is 0.780. The van der Waals surface area contributed by atoms with Gasteiger partial charge in [-0.1, -0.05) is 49.7 Å². The Morgan fingerprint density at radius 1 is 1.22 bits per heavy atom. The van der Waals surface area contributed by atoms with E-state index < -0.39 is 0 Å². The Morgan fingerprint density at radius 3 is 2.67 bits per heavy atom. The number of likely N-dealkylation sites (tertiary alicyclic amines) is 1. The highest BCUT2D eigenvalue weighted by Gasteiger charge is 2.31. The third kappa shape index (κ3) is 4.71. The van der Waals surface area contributed by atoms with Crippen molar-refractivity contribution in [3.8, 4) is 0 Å². The number of carbonyl (C=O) groups excluding carboxylic acids is 2. The lowest BCUT2D eigenvalue weighted by atomic mass is 9.92. The predicted molar refractivity (Wildman–Crippen MR) is 110 cm³/mol. The number of hydrogen-bond donors (Lipinski definition) is 1. The molecule has 2 atom stereocenters. The van der Waals surface area contributed by atoms with Crippen LogP contribution < -0.4 is 5.32 Å². The summed E-state index contributed by atoms with van der Waals surface area (Å²) in [6, 6.07) is 11.2. The zero-order chi connectivity index (χ0) is 19.4. The van der Waals surface area contributed by atoms with Crippen molar-refractivity contribution < 1.29 is 9.59 Å². The van der Waals surface area contributed by atoms with E-state index in [0.717, 1.165) is 23.3 Å². The molecule has 1 saturated heterocycles. The number of nitrogens with one attached hydrogen (secondary N) is 1.